The van der Waals surface area contributed by atoms with Crippen LogP contribution >= 0.6 is 0 Å². The molecule has 2 aliphatic heterocycles. The Kier molecular flexibility index (Phi) is 2.56. The van der Waals surface area contributed by atoms with Crippen molar-refractivity contribution in [1.82, 2.24) is 9.88 Å². The summed E-state index contributed by atoms with van der Waals surface area (Å²) < 4.78 is 6.08. The summed E-state index contributed by atoms with van der Waals surface area (Å²) in [4.78, 5) is 6.72. The normalized spacial score (nSPS) is 26.8. The van der Waals surface area contributed by atoms with E-state index in [4.69, 9.17) is 10.5 Å². The van der Waals surface area contributed by atoms with Gasteiger partial charge in [0.2, 0.25) is 5.88 Å². The summed E-state index contributed by atoms with van der Waals surface area (Å²) in [5.74, 6) is 0.741. The van der Waals surface area contributed by atoms with Crippen LogP contribution in [-0.2, 0) is 0 Å². The lowest BCUT2D eigenvalue weighted by Gasteiger charge is -2.40. The SMILES string of the molecule is CCN1CCC2(CC1)Oc1ncccc1[C@@H]2N. The molecule has 1 spiro atoms. The molecule has 0 unspecified atom stereocenters. The number of likely N-dealkylation sites (tertiary alicyclic amines) is 1. The van der Waals surface area contributed by atoms with E-state index in [0.29, 0.717) is 0 Å². The van der Waals surface area contributed by atoms with Crippen LogP contribution in [0, 0.1) is 0 Å². The van der Waals surface area contributed by atoms with Crippen molar-refractivity contribution in [3.63, 3.8) is 0 Å². The van der Waals surface area contributed by atoms with E-state index < -0.39 is 0 Å². The average Bonchev–Trinajstić information content (AvgIpc) is 2.65. The fraction of sp³-hybridized carbons (Fsp3) is 0.615. The van der Waals surface area contributed by atoms with Gasteiger partial charge in [-0.2, -0.15) is 0 Å². The van der Waals surface area contributed by atoms with Gasteiger partial charge in [-0.25, -0.2) is 4.98 Å². The van der Waals surface area contributed by atoms with E-state index in [1.54, 1.807) is 6.20 Å². The van der Waals surface area contributed by atoms with Crippen LogP contribution in [0.1, 0.15) is 31.4 Å². The van der Waals surface area contributed by atoms with E-state index in [1.165, 1.54) is 0 Å². The molecule has 1 aromatic heterocycles. The highest BCUT2D eigenvalue weighted by molar-refractivity contribution is 5.37. The summed E-state index contributed by atoms with van der Waals surface area (Å²) in [7, 11) is 0. The third kappa shape index (κ3) is 1.63. The number of fused-ring (bicyclic) bond motifs is 1. The molecule has 2 aliphatic rings. The van der Waals surface area contributed by atoms with Crippen molar-refractivity contribution < 1.29 is 4.74 Å². The van der Waals surface area contributed by atoms with Gasteiger partial charge < -0.3 is 15.4 Å². The Hall–Kier alpha value is -1.13. The number of piperidine rings is 1. The van der Waals surface area contributed by atoms with Gasteiger partial charge in [-0.3, -0.25) is 0 Å². The van der Waals surface area contributed by atoms with E-state index in [9.17, 15) is 0 Å². The predicted octanol–water partition coefficient (Wildman–Crippen LogP) is 1.33. The summed E-state index contributed by atoms with van der Waals surface area (Å²) in [6.45, 7) is 5.44. The number of hydrogen-bond donors (Lipinski definition) is 1. The summed E-state index contributed by atoms with van der Waals surface area (Å²) in [5.41, 5.74) is 7.22. The van der Waals surface area contributed by atoms with Crippen molar-refractivity contribution in [3.8, 4) is 5.88 Å². The molecule has 1 atom stereocenters. The van der Waals surface area contributed by atoms with Gasteiger partial charge in [0.25, 0.3) is 0 Å². The van der Waals surface area contributed by atoms with Crippen LogP contribution in [0.3, 0.4) is 0 Å². The Bertz CT molecular complexity index is 413. The molecule has 0 radical (unpaired) electrons. The van der Waals surface area contributed by atoms with Crippen molar-refractivity contribution in [2.24, 2.45) is 5.73 Å². The quantitative estimate of drug-likeness (QED) is 0.795. The first-order valence-corrected chi connectivity index (χ1v) is 6.37. The molecule has 2 N–H and O–H groups in total. The first-order valence-electron chi connectivity index (χ1n) is 6.37. The van der Waals surface area contributed by atoms with E-state index in [-0.39, 0.29) is 11.6 Å². The largest absolute Gasteiger partial charge is 0.469 e. The number of rotatable bonds is 1. The number of pyridine rings is 1. The molecular formula is C13H19N3O. The van der Waals surface area contributed by atoms with Crippen LogP contribution in [0.15, 0.2) is 18.3 Å². The Morgan fingerprint density at radius 3 is 2.94 bits per heavy atom. The van der Waals surface area contributed by atoms with Gasteiger partial charge in [-0.1, -0.05) is 13.0 Å². The van der Waals surface area contributed by atoms with Gasteiger partial charge in [0.1, 0.15) is 5.60 Å². The van der Waals surface area contributed by atoms with Crippen molar-refractivity contribution >= 4 is 0 Å². The molecule has 3 heterocycles. The van der Waals surface area contributed by atoms with Crippen LogP contribution in [0.4, 0.5) is 0 Å². The zero-order chi connectivity index (χ0) is 11.9. The predicted molar refractivity (Wildman–Crippen MR) is 65.9 cm³/mol. The highest BCUT2D eigenvalue weighted by Crippen LogP contribution is 2.45. The second-order valence-electron chi connectivity index (χ2n) is 4.98. The van der Waals surface area contributed by atoms with E-state index >= 15 is 0 Å². The first kappa shape index (κ1) is 11.0. The van der Waals surface area contributed by atoms with E-state index in [0.717, 1.165) is 43.9 Å². The maximum Gasteiger partial charge on any atom is 0.218 e. The van der Waals surface area contributed by atoms with E-state index in [1.807, 2.05) is 12.1 Å². The van der Waals surface area contributed by atoms with Crippen molar-refractivity contribution in [1.29, 1.82) is 0 Å². The second-order valence-corrected chi connectivity index (χ2v) is 4.98. The van der Waals surface area contributed by atoms with Gasteiger partial charge in [-0.05, 0) is 12.6 Å². The van der Waals surface area contributed by atoms with Crippen molar-refractivity contribution in [2.45, 2.75) is 31.4 Å². The van der Waals surface area contributed by atoms with Crippen molar-refractivity contribution in [3.05, 3.63) is 23.9 Å². The topological polar surface area (TPSA) is 51.4 Å². The fourth-order valence-corrected chi connectivity index (χ4v) is 2.93. The third-order valence-corrected chi connectivity index (χ3v) is 4.15. The molecule has 0 aliphatic carbocycles. The number of hydrogen-bond acceptors (Lipinski definition) is 4. The molecule has 1 fully saturated rings. The van der Waals surface area contributed by atoms with Gasteiger partial charge in [0.05, 0.1) is 6.04 Å². The van der Waals surface area contributed by atoms with Gasteiger partial charge in [-0.15, -0.1) is 0 Å². The number of nitrogens with zero attached hydrogens (tertiary/aromatic N) is 2. The lowest BCUT2D eigenvalue weighted by atomic mass is 9.83. The number of aromatic nitrogens is 1. The van der Waals surface area contributed by atoms with Gasteiger partial charge >= 0.3 is 0 Å². The summed E-state index contributed by atoms with van der Waals surface area (Å²) >= 11 is 0. The maximum atomic E-state index is 6.36. The molecule has 1 saturated heterocycles. The van der Waals surface area contributed by atoms with E-state index in [2.05, 4.69) is 16.8 Å². The summed E-state index contributed by atoms with van der Waals surface area (Å²) in [6, 6.07) is 3.95. The first-order chi connectivity index (χ1) is 8.25. The molecule has 0 saturated carbocycles. The summed E-state index contributed by atoms with van der Waals surface area (Å²) in [6.07, 6.45) is 3.77. The number of nitrogens with two attached hydrogens (primary N) is 1. The lowest BCUT2D eigenvalue weighted by molar-refractivity contribution is -0.0000873. The molecule has 0 aromatic carbocycles. The van der Waals surface area contributed by atoms with Gasteiger partial charge in [0.15, 0.2) is 0 Å². The Balaban J connectivity index is 1.84. The highest BCUT2D eigenvalue weighted by Gasteiger charge is 2.48. The zero-order valence-corrected chi connectivity index (χ0v) is 10.2. The molecular weight excluding hydrogens is 214 g/mol. The fourth-order valence-electron chi connectivity index (χ4n) is 2.93. The molecule has 0 bridgehead atoms. The Labute approximate surface area is 102 Å². The Morgan fingerprint density at radius 1 is 1.53 bits per heavy atom. The molecule has 3 rings (SSSR count). The monoisotopic (exact) mass is 233 g/mol. The zero-order valence-electron chi connectivity index (χ0n) is 10.2. The maximum absolute atomic E-state index is 6.36. The third-order valence-electron chi connectivity index (χ3n) is 4.15. The van der Waals surface area contributed by atoms with Gasteiger partial charge in [0, 0.05) is 37.7 Å². The molecule has 92 valence electrons. The molecule has 4 nitrogen and oxygen atoms in total. The summed E-state index contributed by atoms with van der Waals surface area (Å²) in [5, 5.41) is 0. The minimum atomic E-state index is -0.206. The van der Waals surface area contributed by atoms with Crippen LogP contribution < -0.4 is 10.5 Å². The lowest BCUT2D eigenvalue weighted by Crippen LogP contribution is -2.51. The second kappa shape index (κ2) is 3.96. The van der Waals surface area contributed by atoms with Crippen LogP contribution in [0.5, 0.6) is 5.88 Å². The molecule has 0 amide bonds. The smallest absolute Gasteiger partial charge is 0.218 e. The minimum Gasteiger partial charge on any atom is -0.469 e. The average molecular weight is 233 g/mol. The van der Waals surface area contributed by atoms with Crippen LogP contribution in [0.25, 0.3) is 0 Å². The standard InChI is InChI=1S/C13H19N3O/c1-2-16-8-5-13(6-9-16)11(14)10-4-3-7-15-12(10)17-13/h3-4,7,11H,2,5-6,8-9,14H2,1H3/t11-/m0/s1. The van der Waals surface area contributed by atoms with Crippen LogP contribution in [-0.4, -0.2) is 35.1 Å². The highest BCUT2D eigenvalue weighted by atomic mass is 16.5. The molecule has 17 heavy (non-hydrogen) atoms. The number of ether oxygens (including phenoxy) is 1. The van der Waals surface area contributed by atoms with Crippen LogP contribution in [0.2, 0.25) is 0 Å². The molecule has 4 heteroatoms. The molecule has 1 aromatic rings. The Morgan fingerprint density at radius 2 is 2.29 bits per heavy atom. The van der Waals surface area contributed by atoms with Crippen molar-refractivity contribution in [2.75, 3.05) is 19.6 Å². The minimum absolute atomic E-state index is 0.0230.